The standard InChI is InChI=1S/C9H19N5O2/c1-6(15)14-7(8(16)12-2)4-3-5-13-9(10)11/h7H,3-5H2,1-2H3,(H,12,16)(H,14,15)(H4,10,11,13). The lowest BCUT2D eigenvalue weighted by Gasteiger charge is -2.15. The molecular weight excluding hydrogens is 210 g/mol. The van der Waals surface area contributed by atoms with Crippen molar-refractivity contribution in [1.82, 2.24) is 10.6 Å². The summed E-state index contributed by atoms with van der Waals surface area (Å²) >= 11 is 0. The number of nitrogens with one attached hydrogen (secondary N) is 2. The number of hydrogen-bond donors (Lipinski definition) is 4. The van der Waals surface area contributed by atoms with Crippen LogP contribution in [-0.4, -0.2) is 37.4 Å². The van der Waals surface area contributed by atoms with Crippen molar-refractivity contribution in [1.29, 1.82) is 0 Å². The van der Waals surface area contributed by atoms with Gasteiger partial charge in [0, 0.05) is 20.5 Å². The largest absolute Gasteiger partial charge is 0.370 e. The molecule has 0 spiro atoms. The molecule has 0 radical (unpaired) electrons. The van der Waals surface area contributed by atoms with Crippen LogP contribution in [-0.2, 0) is 9.59 Å². The maximum Gasteiger partial charge on any atom is 0.242 e. The van der Waals surface area contributed by atoms with Crippen molar-refractivity contribution in [3.8, 4) is 0 Å². The van der Waals surface area contributed by atoms with Gasteiger partial charge in [-0.3, -0.25) is 14.6 Å². The number of likely N-dealkylation sites (N-methyl/N-ethyl adjacent to an activating group) is 1. The highest BCUT2D eigenvalue weighted by atomic mass is 16.2. The molecule has 6 N–H and O–H groups in total. The fourth-order valence-corrected chi connectivity index (χ4v) is 1.19. The molecule has 0 aromatic carbocycles. The summed E-state index contributed by atoms with van der Waals surface area (Å²) in [5.74, 6) is -0.439. The molecule has 0 rings (SSSR count). The normalized spacial score (nSPS) is 11.4. The van der Waals surface area contributed by atoms with Crippen LogP contribution in [0.2, 0.25) is 0 Å². The van der Waals surface area contributed by atoms with E-state index in [1.165, 1.54) is 14.0 Å². The highest BCUT2D eigenvalue weighted by Gasteiger charge is 2.16. The summed E-state index contributed by atoms with van der Waals surface area (Å²) in [7, 11) is 1.52. The Morgan fingerprint density at radius 2 is 2.00 bits per heavy atom. The van der Waals surface area contributed by atoms with Crippen LogP contribution < -0.4 is 22.1 Å². The predicted octanol–water partition coefficient (Wildman–Crippen LogP) is -1.71. The zero-order valence-electron chi connectivity index (χ0n) is 9.62. The van der Waals surface area contributed by atoms with Crippen molar-refractivity contribution < 1.29 is 9.59 Å². The van der Waals surface area contributed by atoms with E-state index in [0.29, 0.717) is 19.4 Å². The third-order valence-corrected chi connectivity index (χ3v) is 1.89. The fourth-order valence-electron chi connectivity index (χ4n) is 1.19. The van der Waals surface area contributed by atoms with Gasteiger partial charge in [-0.25, -0.2) is 0 Å². The van der Waals surface area contributed by atoms with E-state index in [4.69, 9.17) is 11.5 Å². The van der Waals surface area contributed by atoms with Crippen LogP contribution in [0.5, 0.6) is 0 Å². The van der Waals surface area contributed by atoms with Gasteiger partial charge in [0.05, 0.1) is 0 Å². The lowest BCUT2D eigenvalue weighted by atomic mass is 10.1. The van der Waals surface area contributed by atoms with Crippen molar-refractivity contribution in [2.45, 2.75) is 25.8 Å². The Morgan fingerprint density at radius 3 is 2.44 bits per heavy atom. The van der Waals surface area contributed by atoms with Gasteiger partial charge >= 0.3 is 0 Å². The van der Waals surface area contributed by atoms with Crippen LogP contribution in [0.1, 0.15) is 19.8 Å². The number of rotatable bonds is 6. The van der Waals surface area contributed by atoms with Crippen LogP contribution >= 0.6 is 0 Å². The van der Waals surface area contributed by atoms with Gasteiger partial charge in [0.1, 0.15) is 6.04 Å². The van der Waals surface area contributed by atoms with Crippen molar-refractivity contribution in [3.05, 3.63) is 0 Å². The summed E-state index contributed by atoms with van der Waals surface area (Å²) in [5.41, 5.74) is 10.3. The third kappa shape index (κ3) is 6.63. The van der Waals surface area contributed by atoms with E-state index < -0.39 is 6.04 Å². The Balaban J connectivity index is 4.07. The highest BCUT2D eigenvalue weighted by Crippen LogP contribution is 1.98. The number of nitrogens with zero attached hydrogens (tertiary/aromatic N) is 1. The molecule has 7 heteroatoms. The molecule has 16 heavy (non-hydrogen) atoms. The SMILES string of the molecule is CNC(=O)C(CCCN=C(N)N)NC(C)=O. The number of carbonyl (C=O) groups is 2. The third-order valence-electron chi connectivity index (χ3n) is 1.89. The quantitative estimate of drug-likeness (QED) is 0.246. The summed E-state index contributed by atoms with van der Waals surface area (Å²) in [4.78, 5) is 26.0. The molecule has 1 atom stereocenters. The number of aliphatic imine (C=N–C) groups is 1. The smallest absolute Gasteiger partial charge is 0.242 e. The molecule has 0 aliphatic rings. The Kier molecular flexibility index (Phi) is 6.66. The van der Waals surface area contributed by atoms with Gasteiger partial charge in [0.15, 0.2) is 5.96 Å². The molecule has 0 aliphatic carbocycles. The zero-order valence-corrected chi connectivity index (χ0v) is 9.62. The summed E-state index contributed by atoms with van der Waals surface area (Å²) in [6, 6.07) is -0.531. The number of guanidine groups is 1. The summed E-state index contributed by atoms with van der Waals surface area (Å²) in [5, 5.41) is 5.04. The molecule has 0 saturated heterocycles. The molecule has 2 amide bonds. The first-order valence-corrected chi connectivity index (χ1v) is 5.01. The highest BCUT2D eigenvalue weighted by molar-refractivity contribution is 5.86. The van der Waals surface area contributed by atoms with Gasteiger partial charge in [0.25, 0.3) is 0 Å². The monoisotopic (exact) mass is 229 g/mol. The van der Waals surface area contributed by atoms with E-state index >= 15 is 0 Å². The van der Waals surface area contributed by atoms with Crippen LogP contribution in [0.4, 0.5) is 0 Å². The lowest BCUT2D eigenvalue weighted by molar-refractivity contribution is -0.127. The molecule has 0 heterocycles. The molecule has 7 nitrogen and oxygen atoms in total. The number of nitrogens with two attached hydrogens (primary N) is 2. The van der Waals surface area contributed by atoms with Crippen molar-refractivity contribution in [2.75, 3.05) is 13.6 Å². The zero-order chi connectivity index (χ0) is 12.6. The molecule has 1 unspecified atom stereocenters. The average Bonchev–Trinajstić information content (AvgIpc) is 2.20. The van der Waals surface area contributed by atoms with Gasteiger partial charge in [-0.1, -0.05) is 0 Å². The second kappa shape index (κ2) is 7.49. The van der Waals surface area contributed by atoms with E-state index in [0.717, 1.165) is 0 Å². The van der Waals surface area contributed by atoms with Crippen LogP contribution in [0, 0.1) is 0 Å². The number of amides is 2. The summed E-state index contributed by atoms with van der Waals surface area (Å²) in [6.45, 7) is 1.81. The number of carbonyl (C=O) groups excluding carboxylic acids is 2. The Bertz CT molecular complexity index is 273. The van der Waals surface area contributed by atoms with E-state index in [1.807, 2.05) is 0 Å². The van der Waals surface area contributed by atoms with Crippen LogP contribution in [0.15, 0.2) is 4.99 Å². The Labute approximate surface area is 94.7 Å². The van der Waals surface area contributed by atoms with Gasteiger partial charge in [0.2, 0.25) is 11.8 Å². The molecule has 92 valence electrons. The molecular formula is C9H19N5O2. The molecule has 0 fully saturated rings. The summed E-state index contributed by atoms with van der Waals surface area (Å²) < 4.78 is 0. The minimum Gasteiger partial charge on any atom is -0.370 e. The van der Waals surface area contributed by atoms with E-state index in [9.17, 15) is 9.59 Å². The fraction of sp³-hybridized carbons (Fsp3) is 0.667. The van der Waals surface area contributed by atoms with Gasteiger partial charge in [-0.2, -0.15) is 0 Å². The first-order chi connectivity index (χ1) is 7.47. The van der Waals surface area contributed by atoms with Gasteiger partial charge in [-0.15, -0.1) is 0 Å². The van der Waals surface area contributed by atoms with Crippen molar-refractivity contribution >= 4 is 17.8 Å². The Hall–Kier alpha value is -1.79. The number of hydrogen-bond acceptors (Lipinski definition) is 3. The molecule has 0 aliphatic heterocycles. The molecule has 0 aromatic rings. The molecule has 0 saturated carbocycles. The Morgan fingerprint density at radius 1 is 1.38 bits per heavy atom. The first-order valence-electron chi connectivity index (χ1n) is 5.01. The van der Waals surface area contributed by atoms with Gasteiger partial charge < -0.3 is 22.1 Å². The second-order valence-electron chi connectivity index (χ2n) is 3.32. The van der Waals surface area contributed by atoms with Crippen molar-refractivity contribution in [2.24, 2.45) is 16.5 Å². The minimum absolute atomic E-state index is 0.0241. The van der Waals surface area contributed by atoms with E-state index in [-0.39, 0.29) is 17.8 Å². The summed E-state index contributed by atoms with van der Waals surface area (Å²) in [6.07, 6.45) is 1.12. The first kappa shape index (κ1) is 14.2. The maximum absolute atomic E-state index is 11.4. The van der Waals surface area contributed by atoms with E-state index in [2.05, 4.69) is 15.6 Å². The lowest BCUT2D eigenvalue weighted by Crippen LogP contribution is -2.44. The second-order valence-corrected chi connectivity index (χ2v) is 3.32. The minimum atomic E-state index is -0.531. The average molecular weight is 229 g/mol. The molecule has 0 aromatic heterocycles. The predicted molar refractivity (Wildman–Crippen MR) is 61.6 cm³/mol. The van der Waals surface area contributed by atoms with Crippen molar-refractivity contribution in [3.63, 3.8) is 0 Å². The molecule has 0 bridgehead atoms. The topological polar surface area (TPSA) is 123 Å². The van der Waals surface area contributed by atoms with Crippen LogP contribution in [0.3, 0.4) is 0 Å². The maximum atomic E-state index is 11.4. The van der Waals surface area contributed by atoms with E-state index in [1.54, 1.807) is 0 Å². The van der Waals surface area contributed by atoms with Crippen LogP contribution in [0.25, 0.3) is 0 Å². The van der Waals surface area contributed by atoms with Gasteiger partial charge in [-0.05, 0) is 12.8 Å².